The predicted molar refractivity (Wildman–Crippen MR) is 134 cm³/mol. The molecule has 0 saturated carbocycles. The number of rotatable bonds is 6. The van der Waals surface area contributed by atoms with E-state index in [9.17, 15) is 13.2 Å². The summed E-state index contributed by atoms with van der Waals surface area (Å²) < 4.78 is 34.4. The summed E-state index contributed by atoms with van der Waals surface area (Å²) in [7, 11) is -2.30. The maximum atomic E-state index is 13.1. The number of hydrogen-bond donors (Lipinski definition) is 4. The van der Waals surface area contributed by atoms with Crippen molar-refractivity contribution in [2.45, 2.75) is 30.8 Å². The number of hydrogen-bond acceptors (Lipinski definition) is 7. The highest BCUT2D eigenvalue weighted by Gasteiger charge is 2.29. The van der Waals surface area contributed by atoms with Crippen LogP contribution in [0.2, 0.25) is 0 Å². The monoisotopic (exact) mass is 492 g/mol. The largest absolute Gasteiger partial charge is 0.374 e. The molecule has 0 aliphatic heterocycles. The maximum absolute atomic E-state index is 13.1. The van der Waals surface area contributed by atoms with Crippen LogP contribution < -0.4 is 15.7 Å². The van der Waals surface area contributed by atoms with Crippen LogP contribution in [0.1, 0.15) is 23.9 Å². The fourth-order valence-electron chi connectivity index (χ4n) is 3.84. The van der Waals surface area contributed by atoms with Gasteiger partial charge in [-0.05, 0) is 50.3 Å². The van der Waals surface area contributed by atoms with E-state index in [2.05, 4.69) is 25.0 Å². The van der Waals surface area contributed by atoms with E-state index in [1.807, 2.05) is 19.9 Å². The van der Waals surface area contributed by atoms with Gasteiger partial charge in [0.15, 0.2) is 11.6 Å². The van der Waals surface area contributed by atoms with Crippen LogP contribution >= 0.6 is 0 Å². The van der Waals surface area contributed by atoms with Crippen molar-refractivity contribution in [1.29, 1.82) is 0 Å². The van der Waals surface area contributed by atoms with Crippen LogP contribution in [-0.2, 0) is 21.2 Å². The Balaban J connectivity index is 1.57. The molecule has 35 heavy (non-hydrogen) atoms. The normalized spacial score (nSPS) is 17.3. The number of sulfonamides is 1. The van der Waals surface area contributed by atoms with Gasteiger partial charge in [-0.3, -0.25) is 4.72 Å². The Morgan fingerprint density at radius 2 is 1.77 bits per heavy atom. The van der Waals surface area contributed by atoms with Gasteiger partial charge >= 0.3 is 5.69 Å². The van der Waals surface area contributed by atoms with Crippen molar-refractivity contribution in [3.8, 4) is 0 Å². The summed E-state index contributed by atoms with van der Waals surface area (Å²) in [5.74, 6) is 0.281. The number of fused-ring (bicyclic) bond motifs is 2. The molecule has 1 aliphatic carbocycles. The van der Waals surface area contributed by atoms with Gasteiger partial charge in [0.25, 0.3) is 10.0 Å². The zero-order valence-corrected chi connectivity index (χ0v) is 20.2. The SMILES string of the molecule is COC1(C)C=Cc2nc(NS(=O)(=O)c3ccc(C)cc3)c(Nc3ccc4[nH]c(=O)[nH]c4c3)nc2C1. The van der Waals surface area contributed by atoms with Crippen LogP contribution in [0.3, 0.4) is 0 Å². The molecule has 0 saturated heterocycles. The van der Waals surface area contributed by atoms with E-state index in [0.717, 1.165) is 5.56 Å². The van der Waals surface area contributed by atoms with Gasteiger partial charge in [-0.25, -0.2) is 23.2 Å². The van der Waals surface area contributed by atoms with E-state index in [-0.39, 0.29) is 22.2 Å². The van der Waals surface area contributed by atoms with Gasteiger partial charge in [0.1, 0.15) is 0 Å². The van der Waals surface area contributed by atoms with Crippen LogP contribution in [0.25, 0.3) is 17.1 Å². The van der Waals surface area contributed by atoms with E-state index in [0.29, 0.717) is 34.5 Å². The summed E-state index contributed by atoms with van der Waals surface area (Å²) in [5.41, 5.74) is 3.14. The molecule has 11 heteroatoms. The number of aryl methyl sites for hydroxylation is 1. The lowest BCUT2D eigenvalue weighted by molar-refractivity contribution is 0.0478. The Hall–Kier alpha value is -3.96. The molecule has 1 atom stereocenters. The fraction of sp³-hybridized carbons (Fsp3) is 0.208. The Morgan fingerprint density at radius 3 is 2.51 bits per heavy atom. The lowest BCUT2D eigenvalue weighted by atomic mass is 9.93. The maximum Gasteiger partial charge on any atom is 0.323 e. The number of ether oxygens (including phenoxy) is 1. The van der Waals surface area contributed by atoms with E-state index in [4.69, 9.17) is 9.72 Å². The predicted octanol–water partition coefficient (Wildman–Crippen LogP) is 3.47. The van der Waals surface area contributed by atoms with Gasteiger partial charge in [0.2, 0.25) is 0 Å². The van der Waals surface area contributed by atoms with Crippen LogP contribution in [0.5, 0.6) is 0 Å². The first-order valence-corrected chi connectivity index (χ1v) is 12.4. The van der Waals surface area contributed by atoms with Gasteiger partial charge in [0, 0.05) is 19.2 Å². The second-order valence-electron chi connectivity index (χ2n) is 8.66. The number of benzene rings is 2. The third kappa shape index (κ3) is 4.55. The van der Waals surface area contributed by atoms with E-state index >= 15 is 0 Å². The minimum absolute atomic E-state index is 0.0534. The average molecular weight is 493 g/mol. The summed E-state index contributed by atoms with van der Waals surface area (Å²) in [6.07, 6.45) is 4.12. The molecule has 180 valence electrons. The van der Waals surface area contributed by atoms with E-state index in [1.165, 1.54) is 12.1 Å². The third-order valence-electron chi connectivity index (χ3n) is 5.92. The third-order valence-corrected chi connectivity index (χ3v) is 7.27. The first kappa shape index (κ1) is 22.8. The van der Waals surface area contributed by atoms with E-state index < -0.39 is 15.6 Å². The smallest absolute Gasteiger partial charge is 0.323 e. The number of anilines is 3. The summed E-state index contributed by atoms with van der Waals surface area (Å²) >= 11 is 0. The second-order valence-corrected chi connectivity index (χ2v) is 10.3. The van der Waals surface area contributed by atoms with Crippen LogP contribution in [0.15, 0.2) is 58.2 Å². The van der Waals surface area contributed by atoms with Crippen LogP contribution in [-0.4, -0.2) is 41.1 Å². The van der Waals surface area contributed by atoms with Crippen LogP contribution in [0.4, 0.5) is 17.3 Å². The lowest BCUT2D eigenvalue weighted by Crippen LogP contribution is -2.31. The summed E-state index contributed by atoms with van der Waals surface area (Å²) in [4.78, 5) is 26.4. The van der Waals surface area contributed by atoms with Crippen molar-refractivity contribution in [2.24, 2.45) is 0 Å². The Bertz CT molecular complexity index is 1620. The molecule has 4 N–H and O–H groups in total. The first-order valence-electron chi connectivity index (χ1n) is 10.9. The quantitative estimate of drug-likeness (QED) is 0.323. The Labute approximate surface area is 201 Å². The highest BCUT2D eigenvalue weighted by atomic mass is 32.2. The fourth-order valence-corrected chi connectivity index (χ4v) is 4.85. The topological polar surface area (TPSA) is 142 Å². The van der Waals surface area contributed by atoms with Crippen molar-refractivity contribution in [1.82, 2.24) is 19.9 Å². The van der Waals surface area contributed by atoms with Gasteiger partial charge in [0.05, 0.1) is 32.9 Å². The van der Waals surface area contributed by atoms with E-state index in [1.54, 1.807) is 43.5 Å². The zero-order chi connectivity index (χ0) is 24.8. The van der Waals surface area contributed by atoms with Crippen molar-refractivity contribution in [3.63, 3.8) is 0 Å². The number of H-pyrrole nitrogens is 2. The molecule has 1 aliphatic rings. The highest BCUT2D eigenvalue weighted by molar-refractivity contribution is 7.92. The standard InChI is InChI=1S/C24H24N6O4S/c1-14-4-7-16(8-5-14)35(32,33)30-22-21(25-15-6-9-17-19(12-15)29-23(31)28-17)27-20-13-24(2,34-3)11-10-18(20)26-22/h4-12H,13H2,1-3H3,(H,25,27)(H,26,30)(H2,28,29,31). The van der Waals surface area contributed by atoms with Gasteiger partial charge in [-0.15, -0.1) is 0 Å². The van der Waals surface area contributed by atoms with Gasteiger partial charge in [-0.1, -0.05) is 23.8 Å². The molecule has 2 aromatic heterocycles. The first-order chi connectivity index (χ1) is 16.6. The van der Waals surface area contributed by atoms with Gasteiger partial charge < -0.3 is 20.0 Å². The number of nitrogens with zero attached hydrogens (tertiary/aromatic N) is 2. The molecule has 0 fully saturated rings. The molecular weight excluding hydrogens is 468 g/mol. The molecule has 5 rings (SSSR count). The number of aromatic amines is 2. The summed E-state index contributed by atoms with van der Waals surface area (Å²) in [6, 6.07) is 11.8. The summed E-state index contributed by atoms with van der Waals surface area (Å²) in [5, 5.41) is 3.15. The molecule has 2 aromatic carbocycles. The minimum atomic E-state index is -3.92. The average Bonchev–Trinajstić information content (AvgIpc) is 3.19. The van der Waals surface area contributed by atoms with Crippen molar-refractivity contribution in [2.75, 3.05) is 17.1 Å². The summed E-state index contributed by atoms with van der Waals surface area (Å²) in [6.45, 7) is 3.82. The molecule has 10 nitrogen and oxygen atoms in total. The molecule has 2 heterocycles. The van der Waals surface area contributed by atoms with Gasteiger partial charge in [-0.2, -0.15) is 0 Å². The molecule has 0 spiro atoms. The number of nitrogens with one attached hydrogen (secondary N) is 4. The molecule has 1 unspecified atom stereocenters. The minimum Gasteiger partial charge on any atom is -0.374 e. The second kappa shape index (κ2) is 8.36. The van der Waals surface area contributed by atoms with Crippen molar-refractivity contribution in [3.05, 3.63) is 76.0 Å². The lowest BCUT2D eigenvalue weighted by Gasteiger charge is -2.28. The number of aromatic nitrogens is 4. The number of methoxy groups -OCH3 is 1. The van der Waals surface area contributed by atoms with Crippen molar-refractivity contribution >= 4 is 44.5 Å². The van der Waals surface area contributed by atoms with Crippen LogP contribution in [0, 0.1) is 6.92 Å². The Kier molecular flexibility index (Phi) is 5.45. The molecule has 4 aromatic rings. The Morgan fingerprint density at radius 1 is 1.03 bits per heavy atom. The number of imidazole rings is 1. The molecule has 0 amide bonds. The van der Waals surface area contributed by atoms with Crippen molar-refractivity contribution < 1.29 is 13.2 Å². The molecule has 0 bridgehead atoms. The molecular formula is C24H24N6O4S. The highest BCUT2D eigenvalue weighted by Crippen LogP contribution is 2.32. The zero-order valence-electron chi connectivity index (χ0n) is 19.3. The molecule has 0 radical (unpaired) electrons.